The van der Waals surface area contributed by atoms with E-state index in [9.17, 15) is 13.2 Å². The lowest BCUT2D eigenvalue weighted by atomic mass is 9.82. The van der Waals surface area contributed by atoms with Gasteiger partial charge in [0, 0.05) is 5.69 Å². The first kappa shape index (κ1) is 16.9. The fraction of sp³-hybridized carbons (Fsp3) is 0.533. The smallest absolute Gasteiger partial charge is 0.244 e. The molecule has 2 rings (SSSR count). The van der Waals surface area contributed by atoms with Crippen molar-refractivity contribution in [1.82, 2.24) is 0 Å². The number of amides is 1. The van der Waals surface area contributed by atoms with Gasteiger partial charge in [-0.3, -0.25) is 4.79 Å². The maximum atomic E-state index is 12.4. The van der Waals surface area contributed by atoms with Gasteiger partial charge in [-0.05, 0) is 37.0 Å². The van der Waals surface area contributed by atoms with Gasteiger partial charge in [0.15, 0.2) is 0 Å². The third-order valence-corrected chi connectivity index (χ3v) is 5.20. The van der Waals surface area contributed by atoms with Crippen molar-refractivity contribution in [1.29, 1.82) is 0 Å². The summed E-state index contributed by atoms with van der Waals surface area (Å²) in [6.07, 6.45) is 4.79. The first-order valence-electron chi connectivity index (χ1n) is 7.52. The molecule has 22 heavy (non-hydrogen) atoms. The highest BCUT2D eigenvalue weighted by Crippen LogP contribution is 2.28. The molecule has 122 valence electrons. The van der Waals surface area contributed by atoms with Gasteiger partial charge in [0.25, 0.3) is 0 Å². The standard InChI is InChI=1S/C15H23N3O3S/c1-2-11-6-7-12(10-13(11)22(17,20)21)18-14(19)15(16)8-4-3-5-9-15/h6-7,10H,2-5,8-9,16H2,1H3,(H,18,19)(H2,17,20,21). The van der Waals surface area contributed by atoms with Gasteiger partial charge in [-0.25, -0.2) is 13.6 Å². The van der Waals surface area contributed by atoms with E-state index in [1.165, 1.54) is 6.07 Å². The number of nitrogens with one attached hydrogen (secondary N) is 1. The molecule has 5 N–H and O–H groups in total. The molecule has 1 fully saturated rings. The van der Waals surface area contributed by atoms with E-state index in [-0.39, 0.29) is 10.8 Å². The molecule has 0 radical (unpaired) electrons. The summed E-state index contributed by atoms with van der Waals surface area (Å²) < 4.78 is 23.3. The Morgan fingerprint density at radius 2 is 1.91 bits per heavy atom. The van der Waals surface area contributed by atoms with Crippen molar-refractivity contribution in [3.05, 3.63) is 23.8 Å². The number of nitrogens with two attached hydrogens (primary N) is 2. The molecular weight excluding hydrogens is 302 g/mol. The zero-order chi connectivity index (χ0) is 16.4. The minimum absolute atomic E-state index is 0.0440. The van der Waals surface area contributed by atoms with E-state index in [2.05, 4.69) is 5.32 Å². The SMILES string of the molecule is CCc1ccc(NC(=O)C2(N)CCCCC2)cc1S(N)(=O)=O. The average Bonchev–Trinajstić information content (AvgIpc) is 2.47. The maximum Gasteiger partial charge on any atom is 0.244 e. The molecule has 1 aliphatic rings. The van der Waals surface area contributed by atoms with Crippen molar-refractivity contribution in [3.8, 4) is 0 Å². The molecule has 0 aliphatic heterocycles. The van der Waals surface area contributed by atoms with Gasteiger partial charge in [0.1, 0.15) is 0 Å². The maximum absolute atomic E-state index is 12.4. The predicted octanol–water partition coefficient (Wildman–Crippen LogP) is 1.50. The Bertz CT molecular complexity index is 665. The van der Waals surface area contributed by atoms with E-state index in [0.29, 0.717) is 30.5 Å². The number of carbonyl (C=O) groups is 1. The molecule has 0 saturated heterocycles. The van der Waals surface area contributed by atoms with Gasteiger partial charge in [-0.2, -0.15) is 0 Å². The summed E-state index contributed by atoms with van der Waals surface area (Å²) in [5, 5.41) is 7.97. The fourth-order valence-electron chi connectivity index (χ4n) is 2.85. The monoisotopic (exact) mass is 325 g/mol. The molecular formula is C15H23N3O3S. The van der Waals surface area contributed by atoms with Crippen molar-refractivity contribution >= 4 is 21.6 Å². The van der Waals surface area contributed by atoms with Crippen LogP contribution < -0.4 is 16.2 Å². The van der Waals surface area contributed by atoms with Crippen molar-refractivity contribution in [2.75, 3.05) is 5.32 Å². The van der Waals surface area contributed by atoms with Crippen LogP contribution in [0, 0.1) is 0 Å². The van der Waals surface area contributed by atoms with E-state index in [0.717, 1.165) is 19.3 Å². The molecule has 1 aromatic rings. The molecule has 1 aromatic carbocycles. The van der Waals surface area contributed by atoms with Crippen LogP contribution >= 0.6 is 0 Å². The molecule has 1 amide bonds. The number of aryl methyl sites for hydroxylation is 1. The van der Waals surface area contributed by atoms with Crippen molar-refractivity contribution in [2.24, 2.45) is 10.9 Å². The molecule has 0 atom stereocenters. The topological polar surface area (TPSA) is 115 Å². The van der Waals surface area contributed by atoms with E-state index in [1.54, 1.807) is 12.1 Å². The van der Waals surface area contributed by atoms with Gasteiger partial charge in [0.05, 0.1) is 10.4 Å². The molecule has 0 heterocycles. The van der Waals surface area contributed by atoms with Crippen LogP contribution in [0.4, 0.5) is 5.69 Å². The van der Waals surface area contributed by atoms with Crippen LogP contribution in [-0.2, 0) is 21.2 Å². The second-order valence-electron chi connectivity index (χ2n) is 5.89. The number of hydrogen-bond acceptors (Lipinski definition) is 4. The van der Waals surface area contributed by atoms with Gasteiger partial charge in [0.2, 0.25) is 15.9 Å². The van der Waals surface area contributed by atoms with Crippen molar-refractivity contribution < 1.29 is 13.2 Å². The number of benzene rings is 1. The highest BCUT2D eigenvalue weighted by Gasteiger charge is 2.35. The number of anilines is 1. The Morgan fingerprint density at radius 3 is 2.45 bits per heavy atom. The third-order valence-electron chi connectivity index (χ3n) is 4.21. The van der Waals surface area contributed by atoms with Crippen LogP contribution in [0.5, 0.6) is 0 Å². The molecule has 1 aliphatic carbocycles. The highest BCUT2D eigenvalue weighted by atomic mass is 32.2. The van der Waals surface area contributed by atoms with Gasteiger partial charge in [-0.15, -0.1) is 0 Å². The van der Waals surface area contributed by atoms with Gasteiger partial charge in [-0.1, -0.05) is 32.3 Å². The van der Waals surface area contributed by atoms with Crippen LogP contribution in [-0.4, -0.2) is 19.9 Å². The van der Waals surface area contributed by atoms with Gasteiger partial charge >= 0.3 is 0 Å². The molecule has 0 bridgehead atoms. The summed E-state index contributed by atoms with van der Waals surface area (Å²) in [5.74, 6) is -0.267. The number of primary sulfonamides is 1. The minimum atomic E-state index is -3.83. The lowest BCUT2D eigenvalue weighted by molar-refractivity contribution is -0.122. The van der Waals surface area contributed by atoms with E-state index < -0.39 is 15.6 Å². The predicted molar refractivity (Wildman–Crippen MR) is 85.8 cm³/mol. The van der Waals surface area contributed by atoms with Crippen molar-refractivity contribution in [3.63, 3.8) is 0 Å². The molecule has 0 spiro atoms. The number of sulfonamides is 1. The summed E-state index contributed by atoms with van der Waals surface area (Å²) >= 11 is 0. The summed E-state index contributed by atoms with van der Waals surface area (Å²) in [7, 11) is -3.83. The lowest BCUT2D eigenvalue weighted by Gasteiger charge is -2.31. The summed E-state index contributed by atoms with van der Waals surface area (Å²) in [5.41, 5.74) is 6.33. The van der Waals surface area contributed by atoms with E-state index in [1.807, 2.05) is 6.92 Å². The van der Waals surface area contributed by atoms with Crippen LogP contribution in [0.2, 0.25) is 0 Å². The molecule has 0 aromatic heterocycles. The quantitative estimate of drug-likeness (QED) is 0.778. The Kier molecular flexibility index (Phi) is 4.89. The Hall–Kier alpha value is -1.44. The summed E-state index contributed by atoms with van der Waals surface area (Å²) in [6, 6.07) is 4.75. The minimum Gasteiger partial charge on any atom is -0.324 e. The van der Waals surface area contributed by atoms with Crippen LogP contribution in [0.15, 0.2) is 23.1 Å². The average molecular weight is 325 g/mol. The molecule has 7 heteroatoms. The van der Waals surface area contributed by atoms with Crippen LogP contribution in [0.3, 0.4) is 0 Å². The first-order valence-corrected chi connectivity index (χ1v) is 9.07. The number of carbonyl (C=O) groups excluding carboxylic acids is 1. The normalized spacial score (nSPS) is 18.0. The second kappa shape index (κ2) is 6.36. The zero-order valence-corrected chi connectivity index (χ0v) is 13.6. The second-order valence-corrected chi connectivity index (χ2v) is 7.42. The fourth-order valence-corrected chi connectivity index (χ4v) is 3.72. The van der Waals surface area contributed by atoms with Gasteiger partial charge < -0.3 is 11.1 Å². The third kappa shape index (κ3) is 3.66. The van der Waals surface area contributed by atoms with Crippen molar-refractivity contribution in [2.45, 2.75) is 55.9 Å². The Labute approximate surface area is 131 Å². The first-order chi connectivity index (χ1) is 10.3. The Balaban J connectivity index is 2.25. The largest absolute Gasteiger partial charge is 0.324 e. The number of hydrogen-bond donors (Lipinski definition) is 3. The summed E-state index contributed by atoms with van der Waals surface area (Å²) in [6.45, 7) is 1.85. The van der Waals surface area contributed by atoms with E-state index >= 15 is 0 Å². The summed E-state index contributed by atoms with van der Waals surface area (Å²) in [4.78, 5) is 12.4. The van der Waals surface area contributed by atoms with Crippen LogP contribution in [0.1, 0.15) is 44.6 Å². The molecule has 6 nitrogen and oxygen atoms in total. The van der Waals surface area contributed by atoms with Crippen LogP contribution in [0.25, 0.3) is 0 Å². The molecule has 0 unspecified atom stereocenters. The number of rotatable bonds is 4. The highest BCUT2D eigenvalue weighted by molar-refractivity contribution is 7.89. The lowest BCUT2D eigenvalue weighted by Crippen LogP contribution is -2.52. The Morgan fingerprint density at radius 1 is 1.27 bits per heavy atom. The zero-order valence-electron chi connectivity index (χ0n) is 12.8. The van der Waals surface area contributed by atoms with E-state index in [4.69, 9.17) is 10.9 Å². The molecule has 1 saturated carbocycles.